The Morgan fingerprint density at radius 2 is 1.47 bits per heavy atom. The number of ether oxygens (including phenoxy) is 1. The Kier molecular flexibility index (Phi) is 6.03. The number of rotatable bonds is 6. The molecule has 5 rings (SSSR count). The monoisotopic (exact) mass is 497 g/mol. The van der Waals surface area contributed by atoms with Crippen LogP contribution in [0.4, 0.5) is 11.5 Å². The lowest BCUT2D eigenvalue weighted by molar-refractivity contribution is 0.0600. The fourth-order valence-corrected chi connectivity index (χ4v) is 4.57. The molecule has 0 spiro atoms. The lowest BCUT2D eigenvalue weighted by Crippen LogP contribution is -2.03. The maximum atomic E-state index is 12.2. The number of pyridine rings is 1. The van der Waals surface area contributed by atoms with E-state index < -0.39 is 15.8 Å². The van der Waals surface area contributed by atoms with Gasteiger partial charge in [-0.25, -0.2) is 18.2 Å². The molecule has 2 heterocycles. The van der Waals surface area contributed by atoms with Crippen molar-refractivity contribution in [2.45, 2.75) is 4.90 Å². The highest BCUT2D eigenvalue weighted by atomic mass is 32.2. The third-order valence-corrected chi connectivity index (χ3v) is 6.95. The molecule has 0 fully saturated rings. The topological polar surface area (TPSA) is 89.8 Å². The first-order chi connectivity index (χ1) is 17.3. The van der Waals surface area contributed by atoms with Gasteiger partial charge in [0, 0.05) is 23.7 Å². The van der Waals surface area contributed by atoms with Gasteiger partial charge in [-0.05, 0) is 47.5 Å². The molecule has 1 N–H and O–H groups in total. The molecule has 0 atom stereocenters. The third kappa shape index (κ3) is 4.58. The molecule has 3 aromatic carbocycles. The smallest absolute Gasteiger partial charge is 0.337 e. The first kappa shape index (κ1) is 23.3. The van der Waals surface area contributed by atoms with Crippen LogP contribution in [0.5, 0.6) is 0 Å². The molecule has 5 aromatic rings. The van der Waals surface area contributed by atoms with Gasteiger partial charge in [0.25, 0.3) is 0 Å². The van der Waals surface area contributed by atoms with E-state index in [-0.39, 0.29) is 4.90 Å². The van der Waals surface area contributed by atoms with E-state index in [1.807, 2.05) is 42.5 Å². The zero-order valence-electron chi connectivity index (χ0n) is 19.7. The molecule has 0 aliphatic rings. The Labute approximate surface area is 208 Å². The van der Waals surface area contributed by atoms with Crippen LogP contribution in [-0.4, -0.2) is 37.1 Å². The second-order valence-corrected chi connectivity index (χ2v) is 10.3. The van der Waals surface area contributed by atoms with Crippen LogP contribution < -0.4 is 5.32 Å². The van der Waals surface area contributed by atoms with Gasteiger partial charge >= 0.3 is 5.97 Å². The highest BCUT2D eigenvalue weighted by Gasteiger charge is 2.18. The molecule has 0 bridgehead atoms. The summed E-state index contributed by atoms with van der Waals surface area (Å²) in [5, 5.41) is 3.36. The van der Waals surface area contributed by atoms with E-state index in [1.54, 1.807) is 47.0 Å². The molecule has 7 nitrogen and oxygen atoms in total. The van der Waals surface area contributed by atoms with Crippen LogP contribution >= 0.6 is 0 Å². The van der Waals surface area contributed by atoms with Crippen molar-refractivity contribution in [3.63, 3.8) is 0 Å². The molecule has 0 unspecified atom stereocenters. The maximum Gasteiger partial charge on any atom is 0.337 e. The molecule has 0 saturated heterocycles. The van der Waals surface area contributed by atoms with Crippen LogP contribution in [-0.2, 0) is 14.6 Å². The fourth-order valence-electron chi connectivity index (χ4n) is 3.96. The summed E-state index contributed by atoms with van der Waals surface area (Å²) in [6, 6.07) is 28.2. The number of sulfone groups is 1. The number of hydrogen-bond donors (Lipinski definition) is 1. The number of esters is 1. The molecule has 2 aromatic heterocycles. The van der Waals surface area contributed by atoms with Crippen molar-refractivity contribution in [3.05, 3.63) is 103 Å². The summed E-state index contributed by atoms with van der Waals surface area (Å²) in [5.41, 5.74) is 5.45. The van der Waals surface area contributed by atoms with Crippen molar-refractivity contribution in [3.8, 4) is 22.4 Å². The average Bonchev–Trinajstić information content (AvgIpc) is 3.26. The van der Waals surface area contributed by atoms with E-state index in [4.69, 9.17) is 9.72 Å². The maximum absolute atomic E-state index is 12.2. The number of hydrogen-bond acceptors (Lipinski definition) is 6. The van der Waals surface area contributed by atoms with E-state index in [0.717, 1.165) is 16.7 Å². The van der Waals surface area contributed by atoms with Crippen molar-refractivity contribution >= 4 is 33.0 Å². The van der Waals surface area contributed by atoms with Gasteiger partial charge in [-0.3, -0.25) is 4.40 Å². The van der Waals surface area contributed by atoms with Crippen LogP contribution in [0.25, 0.3) is 28.0 Å². The van der Waals surface area contributed by atoms with Gasteiger partial charge in [0.2, 0.25) is 0 Å². The number of benzene rings is 3. The summed E-state index contributed by atoms with van der Waals surface area (Å²) < 4.78 is 31.0. The summed E-state index contributed by atoms with van der Waals surface area (Å²) in [7, 11) is -2.09. The lowest BCUT2D eigenvalue weighted by atomic mass is 10.0. The van der Waals surface area contributed by atoms with Gasteiger partial charge in [0.15, 0.2) is 9.84 Å². The Morgan fingerprint density at radius 1 is 0.833 bits per heavy atom. The first-order valence-corrected chi connectivity index (χ1v) is 13.1. The molecule has 0 saturated carbocycles. The fraction of sp³-hybridized carbons (Fsp3) is 0.0714. The molecular weight excluding hydrogens is 474 g/mol. The summed E-state index contributed by atoms with van der Waals surface area (Å²) in [5.74, 6) is 0.183. The minimum Gasteiger partial charge on any atom is -0.465 e. The molecule has 8 heteroatoms. The summed E-state index contributed by atoms with van der Waals surface area (Å²) in [4.78, 5) is 16.8. The Balaban J connectivity index is 1.61. The van der Waals surface area contributed by atoms with Gasteiger partial charge in [0.1, 0.15) is 17.2 Å². The van der Waals surface area contributed by atoms with Crippen molar-refractivity contribution < 1.29 is 17.9 Å². The molecule has 0 aliphatic heterocycles. The van der Waals surface area contributed by atoms with Crippen molar-refractivity contribution in [1.29, 1.82) is 0 Å². The van der Waals surface area contributed by atoms with Crippen LogP contribution in [0.3, 0.4) is 0 Å². The molecule has 0 amide bonds. The van der Waals surface area contributed by atoms with Crippen LogP contribution in [0.1, 0.15) is 10.4 Å². The van der Waals surface area contributed by atoms with Gasteiger partial charge in [0.05, 0.1) is 17.6 Å². The number of nitrogens with one attached hydrogen (secondary N) is 1. The quantitative estimate of drug-likeness (QED) is 0.307. The molecular formula is C28H23N3O4S. The predicted molar refractivity (Wildman–Crippen MR) is 140 cm³/mol. The minimum absolute atomic E-state index is 0.183. The third-order valence-electron chi connectivity index (χ3n) is 5.85. The Bertz CT molecular complexity index is 1660. The number of fused-ring (bicyclic) bond motifs is 1. The number of nitrogens with zero attached hydrogens (tertiary/aromatic N) is 2. The van der Waals surface area contributed by atoms with Gasteiger partial charge in [-0.15, -0.1) is 0 Å². The van der Waals surface area contributed by atoms with Crippen LogP contribution in [0.2, 0.25) is 0 Å². The normalized spacial score (nSPS) is 11.4. The highest BCUT2D eigenvalue weighted by Crippen LogP contribution is 2.33. The Hall–Kier alpha value is -4.43. The molecule has 180 valence electrons. The van der Waals surface area contributed by atoms with Crippen molar-refractivity contribution in [1.82, 2.24) is 9.38 Å². The number of imidazole rings is 1. The predicted octanol–water partition coefficient (Wildman–Crippen LogP) is 5.60. The number of aromatic nitrogens is 2. The van der Waals surface area contributed by atoms with E-state index >= 15 is 0 Å². The molecule has 0 radical (unpaired) electrons. The standard InChI is InChI=1S/C28H23N3O4S/c1-35-28(32)22-12-14-23(15-13-22)29-27-26(30-25-17-16-24(18-31(25)27)36(2,33)34)21-10-8-20(9-11-21)19-6-4-3-5-7-19/h3-18,29H,1-2H3. The van der Waals surface area contributed by atoms with Gasteiger partial charge in [-0.1, -0.05) is 54.6 Å². The molecule has 36 heavy (non-hydrogen) atoms. The summed E-state index contributed by atoms with van der Waals surface area (Å²) in [6.45, 7) is 0. The second-order valence-electron chi connectivity index (χ2n) is 8.31. The molecule has 0 aliphatic carbocycles. The number of methoxy groups -OCH3 is 1. The summed E-state index contributed by atoms with van der Waals surface area (Å²) in [6.07, 6.45) is 2.73. The summed E-state index contributed by atoms with van der Waals surface area (Å²) >= 11 is 0. The van der Waals surface area contributed by atoms with E-state index in [0.29, 0.717) is 28.4 Å². The lowest BCUT2D eigenvalue weighted by Gasteiger charge is -2.11. The number of carbonyl (C=O) groups excluding carboxylic acids is 1. The van der Waals surface area contributed by atoms with E-state index in [1.165, 1.54) is 13.4 Å². The zero-order chi connectivity index (χ0) is 25.3. The highest BCUT2D eigenvalue weighted by molar-refractivity contribution is 7.90. The number of anilines is 2. The minimum atomic E-state index is -3.42. The largest absolute Gasteiger partial charge is 0.465 e. The van der Waals surface area contributed by atoms with E-state index in [2.05, 4.69) is 17.4 Å². The van der Waals surface area contributed by atoms with E-state index in [9.17, 15) is 13.2 Å². The number of carbonyl (C=O) groups is 1. The van der Waals surface area contributed by atoms with Gasteiger partial charge in [-0.2, -0.15) is 0 Å². The van der Waals surface area contributed by atoms with Crippen LogP contribution in [0, 0.1) is 0 Å². The van der Waals surface area contributed by atoms with Crippen molar-refractivity contribution in [2.75, 3.05) is 18.7 Å². The van der Waals surface area contributed by atoms with Gasteiger partial charge < -0.3 is 10.1 Å². The van der Waals surface area contributed by atoms with Crippen molar-refractivity contribution in [2.24, 2.45) is 0 Å². The SMILES string of the molecule is COC(=O)c1ccc(Nc2c(-c3ccc(-c4ccccc4)cc3)nc3ccc(S(C)(=O)=O)cn23)cc1. The van der Waals surface area contributed by atoms with Crippen LogP contribution in [0.15, 0.2) is 102 Å². The first-order valence-electron chi connectivity index (χ1n) is 11.2. The average molecular weight is 498 g/mol. The zero-order valence-corrected chi connectivity index (χ0v) is 20.5. The second kappa shape index (κ2) is 9.31. The Morgan fingerprint density at radius 3 is 2.11 bits per heavy atom.